The highest BCUT2D eigenvalue weighted by molar-refractivity contribution is 6.20. The molecule has 1 aromatic carbocycles. The molecule has 1 atom stereocenters. The summed E-state index contributed by atoms with van der Waals surface area (Å²) in [6, 6.07) is 6.54. The Morgan fingerprint density at radius 2 is 1.75 bits per heavy atom. The summed E-state index contributed by atoms with van der Waals surface area (Å²) in [6.07, 6.45) is -0.635. The molecule has 16 heavy (non-hydrogen) atoms. The number of amides is 2. The van der Waals surface area contributed by atoms with Gasteiger partial charge in [0, 0.05) is 0 Å². The van der Waals surface area contributed by atoms with Gasteiger partial charge in [0.15, 0.2) is 0 Å². The summed E-state index contributed by atoms with van der Waals surface area (Å²) in [5.41, 5.74) is 0.684. The zero-order valence-corrected chi connectivity index (χ0v) is 9.19. The van der Waals surface area contributed by atoms with Gasteiger partial charge in [0.25, 0.3) is 11.8 Å². The van der Waals surface area contributed by atoms with Crippen LogP contribution in [0.1, 0.15) is 27.6 Å². The van der Waals surface area contributed by atoms with Crippen molar-refractivity contribution >= 4 is 23.6 Å². The van der Waals surface area contributed by atoms with E-state index in [9.17, 15) is 9.59 Å². The largest absolute Gasteiger partial charge is 0.285 e. The van der Waals surface area contributed by atoms with Crippen LogP contribution in [-0.4, -0.2) is 23.1 Å². The Kier molecular flexibility index (Phi) is 2.91. The van der Waals surface area contributed by atoms with Crippen molar-refractivity contribution in [2.24, 2.45) is 0 Å². The van der Waals surface area contributed by atoms with Crippen molar-refractivity contribution in [3.63, 3.8) is 0 Å². The van der Waals surface area contributed by atoms with E-state index in [1.54, 1.807) is 31.2 Å². The fourth-order valence-electron chi connectivity index (χ4n) is 1.44. The van der Waals surface area contributed by atoms with Crippen LogP contribution in [0.4, 0.5) is 0 Å². The van der Waals surface area contributed by atoms with Crippen LogP contribution < -0.4 is 4.84 Å². The number of hydrogen-bond donors (Lipinski definition) is 1. The van der Waals surface area contributed by atoms with E-state index in [0.717, 1.165) is 0 Å². The Morgan fingerprint density at radius 1 is 1.25 bits per heavy atom. The van der Waals surface area contributed by atoms with Crippen LogP contribution in [0.3, 0.4) is 0 Å². The average molecular weight is 241 g/mol. The van der Waals surface area contributed by atoms with Gasteiger partial charge in [-0.1, -0.05) is 12.1 Å². The molecule has 0 saturated heterocycles. The lowest BCUT2D eigenvalue weighted by Gasteiger charge is -2.17. The highest BCUT2D eigenvalue weighted by Crippen LogP contribution is 2.22. The van der Waals surface area contributed by atoms with Crippen LogP contribution in [0, 0.1) is 0 Å². The average Bonchev–Trinajstić information content (AvgIpc) is 2.55. The lowest BCUT2D eigenvalue weighted by molar-refractivity contribution is -0.129. The number of nitrogens with one attached hydrogen (secondary N) is 1. The first-order valence-corrected chi connectivity index (χ1v) is 5.03. The first-order chi connectivity index (χ1) is 7.65. The maximum absolute atomic E-state index is 11.8. The van der Waals surface area contributed by atoms with Crippen molar-refractivity contribution in [1.29, 1.82) is 0 Å². The second-order valence-electron chi connectivity index (χ2n) is 3.31. The monoisotopic (exact) mass is 240 g/mol. The van der Waals surface area contributed by atoms with Crippen molar-refractivity contribution in [3.8, 4) is 0 Å². The minimum Gasteiger partial charge on any atom is -0.266 e. The molecule has 2 rings (SSSR count). The molecule has 0 radical (unpaired) electrons. The van der Waals surface area contributed by atoms with Crippen molar-refractivity contribution in [3.05, 3.63) is 35.4 Å². The Morgan fingerprint density at radius 3 is 2.19 bits per heavy atom. The number of rotatable bonds is 3. The van der Waals surface area contributed by atoms with E-state index in [1.165, 1.54) is 0 Å². The molecule has 0 bridgehead atoms. The summed E-state index contributed by atoms with van der Waals surface area (Å²) in [4.78, 5) is 30.9. The van der Waals surface area contributed by atoms with Gasteiger partial charge in [-0.05, 0) is 30.8 Å². The number of nitrogens with zero attached hydrogens (tertiary/aromatic N) is 1. The predicted octanol–water partition coefficient (Wildman–Crippen LogP) is 1.30. The fraction of sp³-hybridized carbons (Fsp3) is 0.200. The van der Waals surface area contributed by atoms with E-state index in [2.05, 4.69) is 4.84 Å². The van der Waals surface area contributed by atoms with Gasteiger partial charge in [0.1, 0.15) is 6.23 Å². The number of carbonyl (C=O) groups excluding carboxylic acids is 2. The molecule has 84 valence electrons. The molecule has 1 aliphatic heterocycles. The van der Waals surface area contributed by atoms with Crippen LogP contribution in [0.2, 0.25) is 0 Å². The van der Waals surface area contributed by atoms with Crippen molar-refractivity contribution < 1.29 is 14.4 Å². The van der Waals surface area contributed by atoms with E-state index in [1.807, 2.05) is 0 Å². The van der Waals surface area contributed by atoms with Crippen molar-refractivity contribution in [1.82, 2.24) is 9.90 Å². The lowest BCUT2D eigenvalue weighted by Crippen LogP contribution is -2.37. The highest BCUT2D eigenvalue weighted by atomic mass is 35.5. The van der Waals surface area contributed by atoms with Gasteiger partial charge < -0.3 is 0 Å². The molecule has 0 fully saturated rings. The molecule has 1 unspecified atom stereocenters. The topological polar surface area (TPSA) is 58.6 Å². The summed E-state index contributed by atoms with van der Waals surface area (Å²) < 4.78 is 0. The van der Waals surface area contributed by atoms with Gasteiger partial charge in [-0.25, -0.2) is 9.67 Å². The first-order valence-electron chi connectivity index (χ1n) is 4.66. The third kappa shape index (κ3) is 1.69. The highest BCUT2D eigenvalue weighted by Gasteiger charge is 2.37. The number of benzene rings is 1. The fourth-order valence-corrected chi connectivity index (χ4v) is 1.48. The van der Waals surface area contributed by atoms with Gasteiger partial charge in [-0.3, -0.25) is 9.59 Å². The molecule has 0 aromatic heterocycles. The molecule has 1 N–H and O–H groups in total. The number of hydrogen-bond acceptors (Lipinski definition) is 4. The first kappa shape index (κ1) is 11.1. The number of fused-ring (bicyclic) bond motifs is 1. The standard InChI is InChI=1S/C10H9ClN2O3/c1-6(12-11)16-13-9(14)7-4-2-3-5-8(7)10(13)15/h2-6,12H,1H3. The van der Waals surface area contributed by atoms with Gasteiger partial charge >= 0.3 is 0 Å². The Hall–Kier alpha value is -1.43. The number of halogens is 1. The van der Waals surface area contributed by atoms with E-state index >= 15 is 0 Å². The van der Waals surface area contributed by atoms with Gasteiger partial charge in [0.05, 0.1) is 11.1 Å². The Balaban J connectivity index is 2.28. The van der Waals surface area contributed by atoms with Crippen molar-refractivity contribution in [2.45, 2.75) is 13.2 Å². The summed E-state index contributed by atoms with van der Waals surface area (Å²) in [7, 11) is 0. The summed E-state index contributed by atoms with van der Waals surface area (Å²) in [6.45, 7) is 1.58. The second kappa shape index (κ2) is 4.21. The Bertz CT molecular complexity index is 414. The molecule has 1 aromatic rings. The summed E-state index contributed by atoms with van der Waals surface area (Å²) >= 11 is 5.31. The van der Waals surface area contributed by atoms with Crippen LogP contribution in [0.5, 0.6) is 0 Å². The molecule has 6 heteroatoms. The number of hydroxylamine groups is 2. The molecular formula is C10H9ClN2O3. The van der Waals surface area contributed by atoms with Crippen LogP contribution in [0.15, 0.2) is 24.3 Å². The summed E-state index contributed by atoms with van der Waals surface area (Å²) in [5, 5.41) is 0.713. The van der Waals surface area contributed by atoms with E-state index in [-0.39, 0.29) is 0 Å². The molecule has 0 saturated carbocycles. The predicted molar refractivity (Wildman–Crippen MR) is 56.5 cm³/mol. The van der Waals surface area contributed by atoms with Crippen LogP contribution >= 0.6 is 11.8 Å². The molecule has 0 spiro atoms. The van der Waals surface area contributed by atoms with Gasteiger partial charge in [-0.2, -0.15) is 0 Å². The van der Waals surface area contributed by atoms with E-state index in [4.69, 9.17) is 16.6 Å². The molecular weight excluding hydrogens is 232 g/mol. The smallest absolute Gasteiger partial charge is 0.266 e. The second-order valence-corrected chi connectivity index (χ2v) is 3.53. The maximum Gasteiger partial charge on any atom is 0.285 e. The number of imide groups is 1. The quantitative estimate of drug-likeness (QED) is 0.492. The zero-order valence-electron chi connectivity index (χ0n) is 8.44. The Labute approximate surface area is 97.0 Å². The molecule has 5 nitrogen and oxygen atoms in total. The lowest BCUT2D eigenvalue weighted by atomic mass is 10.1. The van der Waals surface area contributed by atoms with Gasteiger partial charge in [-0.15, -0.1) is 5.06 Å². The zero-order chi connectivity index (χ0) is 11.7. The third-order valence-corrected chi connectivity index (χ3v) is 2.48. The van der Waals surface area contributed by atoms with Crippen molar-refractivity contribution in [2.75, 3.05) is 0 Å². The molecule has 1 aliphatic rings. The molecule has 2 amide bonds. The SMILES string of the molecule is CC(NCl)ON1C(=O)c2ccccc2C1=O. The normalized spacial score (nSPS) is 16.5. The third-order valence-electron chi connectivity index (χ3n) is 2.17. The summed E-state index contributed by atoms with van der Waals surface area (Å²) in [5.74, 6) is -0.946. The minimum atomic E-state index is -0.635. The minimum absolute atomic E-state index is 0.342. The van der Waals surface area contributed by atoms with E-state index in [0.29, 0.717) is 16.2 Å². The maximum atomic E-state index is 11.8. The van der Waals surface area contributed by atoms with Crippen LogP contribution in [0.25, 0.3) is 0 Å². The van der Waals surface area contributed by atoms with Gasteiger partial charge in [0.2, 0.25) is 0 Å². The van der Waals surface area contributed by atoms with E-state index < -0.39 is 18.0 Å². The molecule has 1 heterocycles. The number of carbonyl (C=O) groups is 2. The van der Waals surface area contributed by atoms with Crippen LogP contribution in [-0.2, 0) is 4.84 Å². The molecule has 0 aliphatic carbocycles.